The van der Waals surface area contributed by atoms with Crippen molar-refractivity contribution in [3.8, 4) is 0 Å². The summed E-state index contributed by atoms with van der Waals surface area (Å²) >= 11 is 0. The van der Waals surface area contributed by atoms with E-state index in [1.807, 2.05) is 0 Å². The van der Waals surface area contributed by atoms with Crippen molar-refractivity contribution in [1.82, 2.24) is 14.9 Å². The number of rotatable bonds is 10. The summed E-state index contributed by atoms with van der Waals surface area (Å²) < 4.78 is 27.1. The highest BCUT2D eigenvalue weighted by Crippen LogP contribution is 2.23. The fraction of sp³-hybridized carbons (Fsp3) is 0.619. The van der Waals surface area contributed by atoms with Crippen LogP contribution >= 0.6 is 0 Å². The fourth-order valence-electron chi connectivity index (χ4n) is 3.58. The molecule has 1 aromatic carbocycles. The fourth-order valence-corrected chi connectivity index (χ4v) is 4.82. The molecule has 162 valence electrons. The first-order valence-electron chi connectivity index (χ1n) is 10.4. The van der Waals surface area contributed by atoms with Gasteiger partial charge in [0.1, 0.15) is 11.9 Å². The summed E-state index contributed by atoms with van der Waals surface area (Å²) in [6.07, 6.45) is 2.35. The Kier molecular flexibility index (Phi) is 8.22. The van der Waals surface area contributed by atoms with Crippen molar-refractivity contribution in [3.63, 3.8) is 0 Å². The standard InChI is InChI=1S/C21H34N4O3S/c1-6-7-11-18(21(26)22-13-14-25(15(2)3)16(4)5)23-20-17-10-8-9-12-19(17)29(27,28)24-20/h8-10,12,15-16,18H,6-7,11,13-14H2,1-5H3,(H,22,26)(H,23,24)/t18-/m0/s1. The van der Waals surface area contributed by atoms with Gasteiger partial charge in [-0.1, -0.05) is 31.9 Å². The number of carbonyl (C=O) groups excluding carboxylic acids is 1. The van der Waals surface area contributed by atoms with Gasteiger partial charge in [0.2, 0.25) is 5.91 Å². The van der Waals surface area contributed by atoms with E-state index < -0.39 is 16.1 Å². The van der Waals surface area contributed by atoms with Gasteiger partial charge in [-0.2, -0.15) is 0 Å². The van der Waals surface area contributed by atoms with E-state index in [0.29, 0.717) is 30.6 Å². The van der Waals surface area contributed by atoms with Crippen molar-refractivity contribution < 1.29 is 13.2 Å². The Morgan fingerprint density at radius 2 is 1.83 bits per heavy atom. The number of carbonyl (C=O) groups is 1. The van der Waals surface area contributed by atoms with Gasteiger partial charge in [-0.3, -0.25) is 19.4 Å². The minimum Gasteiger partial charge on any atom is -0.353 e. The number of aliphatic imine (C=N–C) groups is 1. The molecule has 1 heterocycles. The molecule has 2 N–H and O–H groups in total. The van der Waals surface area contributed by atoms with Crippen molar-refractivity contribution in [1.29, 1.82) is 0 Å². The zero-order chi connectivity index (χ0) is 21.6. The molecule has 0 fully saturated rings. The molecular formula is C21H34N4O3S. The third-order valence-electron chi connectivity index (χ3n) is 5.08. The van der Waals surface area contributed by atoms with Gasteiger partial charge in [0.05, 0.1) is 4.90 Å². The number of fused-ring (bicyclic) bond motifs is 1. The summed E-state index contributed by atoms with van der Waals surface area (Å²) in [6.45, 7) is 11.9. The molecule has 0 aromatic heterocycles. The van der Waals surface area contributed by atoms with Gasteiger partial charge in [-0.25, -0.2) is 8.42 Å². The first-order chi connectivity index (χ1) is 13.7. The zero-order valence-electron chi connectivity index (χ0n) is 18.1. The van der Waals surface area contributed by atoms with Gasteiger partial charge in [-0.05, 0) is 46.2 Å². The van der Waals surface area contributed by atoms with Gasteiger partial charge in [-0.15, -0.1) is 0 Å². The number of unbranched alkanes of at least 4 members (excludes halogenated alkanes) is 1. The molecule has 0 spiro atoms. The average molecular weight is 423 g/mol. The van der Waals surface area contributed by atoms with Crippen LogP contribution in [0.5, 0.6) is 0 Å². The molecular weight excluding hydrogens is 388 g/mol. The number of nitrogens with zero attached hydrogens (tertiary/aromatic N) is 2. The lowest BCUT2D eigenvalue weighted by Crippen LogP contribution is -2.44. The van der Waals surface area contributed by atoms with E-state index in [-0.39, 0.29) is 16.6 Å². The molecule has 1 atom stereocenters. The molecule has 1 aromatic rings. The van der Waals surface area contributed by atoms with Crippen molar-refractivity contribution in [2.24, 2.45) is 4.99 Å². The Bertz CT molecular complexity index is 826. The van der Waals surface area contributed by atoms with E-state index in [4.69, 9.17) is 0 Å². The summed E-state index contributed by atoms with van der Waals surface area (Å²) in [4.78, 5) is 19.9. The number of sulfonamides is 1. The normalized spacial score (nSPS) is 17.6. The maximum absolute atomic E-state index is 12.8. The lowest BCUT2D eigenvalue weighted by atomic mass is 10.1. The second kappa shape index (κ2) is 10.2. The number of hydrogen-bond donors (Lipinski definition) is 2. The molecule has 2 rings (SSSR count). The van der Waals surface area contributed by atoms with E-state index in [0.717, 1.165) is 19.4 Å². The first kappa shape index (κ1) is 23.3. The molecule has 8 heteroatoms. The highest BCUT2D eigenvalue weighted by Gasteiger charge is 2.31. The van der Waals surface area contributed by atoms with Gasteiger partial charge < -0.3 is 5.32 Å². The Morgan fingerprint density at radius 1 is 1.17 bits per heavy atom. The van der Waals surface area contributed by atoms with Crippen LogP contribution in [0.1, 0.15) is 59.4 Å². The maximum Gasteiger partial charge on any atom is 0.263 e. The summed E-state index contributed by atoms with van der Waals surface area (Å²) in [5.74, 6) is 0.0878. The number of amides is 1. The summed E-state index contributed by atoms with van der Waals surface area (Å²) in [7, 11) is -3.61. The molecule has 0 bridgehead atoms. The average Bonchev–Trinajstić information content (AvgIpc) is 2.92. The minimum atomic E-state index is -3.61. The monoisotopic (exact) mass is 422 g/mol. The lowest BCUT2D eigenvalue weighted by Gasteiger charge is -2.30. The van der Waals surface area contributed by atoms with Crippen LogP contribution in [-0.2, 0) is 14.8 Å². The zero-order valence-corrected chi connectivity index (χ0v) is 18.9. The predicted octanol–water partition coefficient (Wildman–Crippen LogP) is 2.52. The molecule has 29 heavy (non-hydrogen) atoms. The highest BCUT2D eigenvalue weighted by atomic mass is 32.2. The Morgan fingerprint density at radius 3 is 2.45 bits per heavy atom. The molecule has 0 saturated carbocycles. The summed E-state index contributed by atoms with van der Waals surface area (Å²) in [6, 6.07) is 6.88. The van der Waals surface area contributed by atoms with Gasteiger partial charge in [0, 0.05) is 30.7 Å². The Balaban J connectivity index is 2.13. The Labute approximate surface area is 175 Å². The topological polar surface area (TPSA) is 90.9 Å². The van der Waals surface area contributed by atoms with Crippen molar-refractivity contribution in [2.45, 2.75) is 76.9 Å². The molecule has 1 aliphatic rings. The van der Waals surface area contributed by atoms with Crippen LogP contribution in [0, 0.1) is 0 Å². The number of amidine groups is 1. The summed E-state index contributed by atoms with van der Waals surface area (Å²) in [5, 5.41) is 2.99. The molecule has 0 aliphatic carbocycles. The van der Waals surface area contributed by atoms with Crippen molar-refractivity contribution in [2.75, 3.05) is 13.1 Å². The van der Waals surface area contributed by atoms with Crippen LogP contribution in [0.2, 0.25) is 0 Å². The van der Waals surface area contributed by atoms with Gasteiger partial charge in [0.25, 0.3) is 10.0 Å². The molecule has 0 radical (unpaired) electrons. The predicted molar refractivity (Wildman–Crippen MR) is 117 cm³/mol. The van der Waals surface area contributed by atoms with Crippen LogP contribution in [0.3, 0.4) is 0 Å². The lowest BCUT2D eigenvalue weighted by molar-refractivity contribution is -0.122. The van der Waals surface area contributed by atoms with E-state index >= 15 is 0 Å². The molecule has 1 amide bonds. The number of nitrogens with one attached hydrogen (secondary N) is 2. The summed E-state index contributed by atoms with van der Waals surface area (Å²) in [5.41, 5.74) is 0.521. The maximum atomic E-state index is 12.8. The third kappa shape index (κ3) is 6.02. The van der Waals surface area contributed by atoms with Crippen LogP contribution in [-0.4, -0.2) is 56.3 Å². The number of hydrogen-bond acceptors (Lipinski definition) is 5. The van der Waals surface area contributed by atoms with E-state index in [1.54, 1.807) is 24.3 Å². The van der Waals surface area contributed by atoms with E-state index in [2.05, 4.69) is 54.5 Å². The molecule has 1 aliphatic heterocycles. The molecule has 0 saturated heterocycles. The number of benzene rings is 1. The Hall–Kier alpha value is -1.93. The van der Waals surface area contributed by atoms with Gasteiger partial charge in [0.15, 0.2) is 0 Å². The second-order valence-corrected chi connectivity index (χ2v) is 9.60. The first-order valence-corrected chi connectivity index (χ1v) is 11.9. The smallest absolute Gasteiger partial charge is 0.263 e. The minimum absolute atomic E-state index is 0.165. The van der Waals surface area contributed by atoms with E-state index in [1.165, 1.54) is 0 Å². The SMILES string of the molecule is CCCC[C@H](N=C1NS(=O)(=O)c2ccccc21)C(=O)NCCN(C(C)C)C(C)C. The van der Waals surface area contributed by atoms with Crippen molar-refractivity contribution in [3.05, 3.63) is 29.8 Å². The van der Waals surface area contributed by atoms with Crippen LogP contribution in [0.4, 0.5) is 0 Å². The highest BCUT2D eigenvalue weighted by molar-refractivity contribution is 7.90. The third-order valence-corrected chi connectivity index (χ3v) is 6.47. The largest absolute Gasteiger partial charge is 0.353 e. The van der Waals surface area contributed by atoms with Crippen LogP contribution < -0.4 is 10.0 Å². The van der Waals surface area contributed by atoms with Crippen LogP contribution in [0.25, 0.3) is 0 Å². The van der Waals surface area contributed by atoms with Crippen molar-refractivity contribution >= 4 is 21.8 Å². The van der Waals surface area contributed by atoms with Crippen LogP contribution in [0.15, 0.2) is 34.2 Å². The van der Waals surface area contributed by atoms with Gasteiger partial charge >= 0.3 is 0 Å². The molecule has 7 nitrogen and oxygen atoms in total. The second-order valence-electron chi connectivity index (χ2n) is 7.95. The molecule has 0 unspecified atom stereocenters. The van der Waals surface area contributed by atoms with E-state index in [9.17, 15) is 13.2 Å². The quantitative estimate of drug-likeness (QED) is 0.606.